The predicted molar refractivity (Wildman–Crippen MR) is 361 cm³/mol. The number of phenolic OH excluding ortho intramolecular Hbond substituents is 1. The fourth-order valence-corrected chi connectivity index (χ4v) is 11.0. The molecule has 11 amide bonds. The fourth-order valence-electron chi connectivity index (χ4n) is 11.0. The Kier molecular flexibility index (Phi) is 30.8. The Morgan fingerprint density at radius 3 is 1.50 bits per heavy atom. The molecular weight excluding hydrogens is 1240 g/mol. The second-order valence-electron chi connectivity index (χ2n) is 24.2. The molecule has 520 valence electrons. The molecule has 5 rings (SSSR count). The number of rotatable bonds is 39. The molecule has 4 aromatic carbocycles. The number of likely N-dealkylation sites (tertiary alicyclic amines) is 1. The molecule has 23 N–H and O–H groups in total. The molecule has 0 spiro atoms. The summed E-state index contributed by atoms with van der Waals surface area (Å²) >= 11 is 0. The summed E-state index contributed by atoms with van der Waals surface area (Å²) in [5.41, 5.74) is 40.5. The first-order valence-corrected chi connectivity index (χ1v) is 32.1. The summed E-state index contributed by atoms with van der Waals surface area (Å²) in [5.74, 6) is -9.53. The molecule has 1 fully saturated rings. The average Bonchev–Trinajstić information content (AvgIpc) is 1.36. The number of nitrogens with zero attached hydrogens (tertiary/aromatic N) is 3. The number of nitrogens with one attached hydrogen (secondary N) is 8. The number of hydrogen-bond acceptors (Lipinski definition) is 15. The zero-order valence-corrected chi connectivity index (χ0v) is 54.6. The van der Waals surface area contributed by atoms with Crippen molar-refractivity contribution in [1.29, 1.82) is 0 Å². The van der Waals surface area contributed by atoms with E-state index in [2.05, 4.69) is 52.5 Å². The van der Waals surface area contributed by atoms with E-state index in [1.54, 1.807) is 48.5 Å². The van der Waals surface area contributed by atoms with Crippen LogP contribution in [0.15, 0.2) is 107 Å². The van der Waals surface area contributed by atoms with Crippen molar-refractivity contribution in [3.63, 3.8) is 0 Å². The molecule has 96 heavy (non-hydrogen) atoms. The number of fused-ring (bicyclic) bond motifs is 1. The monoisotopic (exact) mass is 1330 g/mol. The van der Waals surface area contributed by atoms with Crippen molar-refractivity contribution < 1.29 is 57.8 Å². The lowest BCUT2D eigenvalue weighted by atomic mass is 9.98. The number of aromatic hydroxyl groups is 1. The molecule has 1 saturated heterocycles. The van der Waals surface area contributed by atoms with E-state index in [4.69, 9.17) is 40.1 Å². The normalized spacial score (nSPS) is 15.1. The number of hydrogen-bond donors (Lipinski definition) is 16. The molecule has 0 saturated carbocycles. The van der Waals surface area contributed by atoms with Crippen LogP contribution in [0.25, 0.3) is 10.8 Å². The molecule has 30 heteroatoms. The largest absolute Gasteiger partial charge is 0.508 e. The Balaban J connectivity index is 1.47. The fraction of sp³-hybridized carbons (Fsp3) is 0.470. The van der Waals surface area contributed by atoms with Gasteiger partial charge in [0.05, 0.1) is 6.42 Å². The lowest BCUT2D eigenvalue weighted by Crippen LogP contribution is -2.61. The lowest BCUT2D eigenvalue weighted by molar-refractivity contribution is -0.142. The first-order chi connectivity index (χ1) is 45.7. The lowest BCUT2D eigenvalue weighted by Gasteiger charge is -2.31. The molecule has 0 aliphatic carbocycles. The summed E-state index contributed by atoms with van der Waals surface area (Å²) in [5, 5.41) is 33.7. The van der Waals surface area contributed by atoms with E-state index in [0.29, 0.717) is 42.5 Å². The summed E-state index contributed by atoms with van der Waals surface area (Å²) < 4.78 is 0. The van der Waals surface area contributed by atoms with Gasteiger partial charge in [-0.25, -0.2) is 0 Å². The van der Waals surface area contributed by atoms with E-state index < -0.39 is 126 Å². The van der Waals surface area contributed by atoms with Gasteiger partial charge >= 0.3 is 0 Å². The predicted octanol–water partition coefficient (Wildman–Crippen LogP) is -1.89. The van der Waals surface area contributed by atoms with Crippen molar-refractivity contribution in [2.45, 2.75) is 165 Å². The van der Waals surface area contributed by atoms with Gasteiger partial charge in [-0.15, -0.1) is 0 Å². The highest BCUT2D eigenvalue weighted by molar-refractivity contribution is 5.99. The van der Waals surface area contributed by atoms with Crippen LogP contribution in [0.5, 0.6) is 5.75 Å². The highest BCUT2D eigenvalue weighted by atomic mass is 16.3. The molecule has 0 bridgehead atoms. The minimum Gasteiger partial charge on any atom is -0.508 e. The van der Waals surface area contributed by atoms with Gasteiger partial charge in [0, 0.05) is 45.8 Å². The zero-order valence-electron chi connectivity index (χ0n) is 54.6. The van der Waals surface area contributed by atoms with Gasteiger partial charge in [0.15, 0.2) is 11.9 Å². The van der Waals surface area contributed by atoms with Crippen LogP contribution in [-0.2, 0) is 72.0 Å². The van der Waals surface area contributed by atoms with E-state index in [-0.39, 0.29) is 107 Å². The Morgan fingerprint density at radius 1 is 0.510 bits per heavy atom. The minimum atomic E-state index is -1.52. The molecule has 1 heterocycles. The van der Waals surface area contributed by atoms with E-state index in [1.807, 2.05) is 50.2 Å². The molecule has 1 aliphatic rings. The van der Waals surface area contributed by atoms with E-state index in [9.17, 15) is 43.5 Å². The van der Waals surface area contributed by atoms with Crippen LogP contribution >= 0.6 is 0 Å². The van der Waals surface area contributed by atoms with Crippen LogP contribution in [0, 0.1) is 5.92 Å². The molecule has 0 aromatic heterocycles. The molecular formula is C66H94N18O12. The smallest absolute Gasteiger partial charge is 0.245 e. The Hall–Kier alpha value is -10.4. The number of nitrogens with two attached hydrogens (primary N) is 7. The summed E-state index contributed by atoms with van der Waals surface area (Å²) in [6, 6.07) is 15.6. The SMILES string of the molecule is CC(=O)N[C@@H](CCCCN)C(=O)N[C@@H](Cc1ccc(O)cc1)C(=O)N[C@@H](Cc1ccc2ccccc2c1)C(=O)N[C@@H](CC(C)C)C(=O)N[C@@H](Cc1ccccc1)C(=O)N[C@@H](CCCN=C(N)N)C(=O)N1CCC[C@H]1C(=O)N[C@@H](CCCN=C(N)N)C(=O)N[C@@H](CC(N)=O)C(N)=O. The second kappa shape index (κ2) is 38.7. The third-order valence-electron chi connectivity index (χ3n) is 15.8. The number of phenols is 1. The van der Waals surface area contributed by atoms with Gasteiger partial charge in [0.2, 0.25) is 65.0 Å². The minimum absolute atomic E-state index is 0.0182. The van der Waals surface area contributed by atoms with Crippen molar-refractivity contribution in [3.8, 4) is 5.75 Å². The first-order valence-electron chi connectivity index (χ1n) is 32.1. The number of primary amides is 2. The van der Waals surface area contributed by atoms with Gasteiger partial charge in [0.25, 0.3) is 0 Å². The highest BCUT2D eigenvalue weighted by Gasteiger charge is 2.41. The number of carbonyl (C=O) groups excluding carboxylic acids is 11. The number of amides is 11. The summed E-state index contributed by atoms with van der Waals surface area (Å²) in [7, 11) is 0. The van der Waals surface area contributed by atoms with Gasteiger partial charge in [-0.3, -0.25) is 62.7 Å². The van der Waals surface area contributed by atoms with E-state index in [0.717, 1.165) is 10.8 Å². The highest BCUT2D eigenvalue weighted by Crippen LogP contribution is 2.22. The number of aliphatic imine (C=N–C) groups is 2. The quantitative estimate of drug-likeness (QED) is 0.0132. The first kappa shape index (κ1) is 76.3. The van der Waals surface area contributed by atoms with Crippen molar-refractivity contribution in [2.24, 2.45) is 56.0 Å². The summed E-state index contributed by atoms with van der Waals surface area (Å²) in [4.78, 5) is 163. The van der Waals surface area contributed by atoms with Crippen molar-refractivity contribution in [3.05, 3.63) is 114 Å². The van der Waals surface area contributed by atoms with Crippen LogP contribution in [0.1, 0.15) is 108 Å². The Morgan fingerprint density at radius 2 is 0.969 bits per heavy atom. The maximum atomic E-state index is 15.1. The molecule has 9 atom stereocenters. The average molecular weight is 1330 g/mol. The van der Waals surface area contributed by atoms with Crippen molar-refractivity contribution in [2.75, 3.05) is 26.2 Å². The zero-order chi connectivity index (χ0) is 70.4. The van der Waals surface area contributed by atoms with Crippen LogP contribution < -0.4 is 82.7 Å². The molecule has 1 aliphatic heterocycles. The third-order valence-corrected chi connectivity index (χ3v) is 15.8. The van der Waals surface area contributed by atoms with Gasteiger partial charge in [-0.05, 0) is 116 Å². The van der Waals surface area contributed by atoms with Crippen molar-refractivity contribution in [1.82, 2.24) is 47.4 Å². The van der Waals surface area contributed by atoms with Crippen LogP contribution in [0.4, 0.5) is 0 Å². The van der Waals surface area contributed by atoms with Crippen molar-refractivity contribution >= 4 is 87.7 Å². The molecule has 4 aromatic rings. The molecule has 0 radical (unpaired) electrons. The number of guanidine groups is 2. The Bertz CT molecular complexity index is 3380. The number of unbranched alkanes of at least 4 members (excludes halogenated alkanes) is 1. The van der Waals surface area contributed by atoms with Gasteiger partial charge in [0.1, 0.15) is 60.1 Å². The molecule has 0 unspecified atom stereocenters. The summed E-state index contributed by atoms with van der Waals surface area (Å²) in [6.45, 7) is 5.33. The standard InChI is InChI=1S/C66H94N18O12/c1-38(2)32-50(80-62(94)53(36-42-22-25-43-16-7-8-17-44(43)33-42)83-61(93)52(35-41-23-26-45(86)27-24-41)81-57(89)46(76-39(3)85)18-9-10-28-67)59(91)82-51(34-40-14-5-4-6-15-40)60(92)78-48(20-12-30-75-66(72)73)64(96)84-31-13-21-54(84)63(95)77-47(19-11-29-74-65(70)71)58(90)79-49(56(69)88)37-55(68)87/h4-8,14-17,22-27,33,38,46-54,86H,9-13,18-21,28-32,34-37,67H2,1-3H3,(H2,68,87)(H2,69,88)(H,76,85)(H,77,95)(H,78,92)(H,79,90)(H,80,94)(H,81,89)(H,82,91)(H,83,93)(H4,70,71,74)(H4,72,73,75)/t46-,47-,48-,49-,50-,51-,52-,53-,54-/m0/s1. The molecule has 30 nitrogen and oxygen atoms in total. The van der Waals surface area contributed by atoms with Gasteiger partial charge in [-0.2, -0.15) is 0 Å². The van der Waals surface area contributed by atoms with E-state index >= 15 is 14.4 Å². The van der Waals surface area contributed by atoms with Gasteiger partial charge in [-0.1, -0.05) is 98.8 Å². The Labute approximate surface area is 557 Å². The van der Waals surface area contributed by atoms with E-state index in [1.165, 1.54) is 24.0 Å². The third kappa shape index (κ3) is 25.8. The topological polar surface area (TPSA) is 514 Å². The number of benzene rings is 4. The summed E-state index contributed by atoms with van der Waals surface area (Å²) in [6.07, 6.45) is 0.830. The van der Waals surface area contributed by atoms with Crippen LogP contribution in [0.2, 0.25) is 0 Å². The maximum absolute atomic E-state index is 15.1. The maximum Gasteiger partial charge on any atom is 0.245 e. The van der Waals surface area contributed by atoms with Crippen LogP contribution in [-0.4, -0.2) is 167 Å². The number of carbonyl (C=O) groups is 11. The second-order valence-corrected chi connectivity index (χ2v) is 24.2. The van der Waals surface area contributed by atoms with Gasteiger partial charge < -0.3 is 92.7 Å². The van der Waals surface area contributed by atoms with Crippen LogP contribution in [0.3, 0.4) is 0 Å².